The molecule has 0 radical (unpaired) electrons. The van der Waals surface area contributed by atoms with Gasteiger partial charge >= 0.3 is 0 Å². The molecule has 2 N–H and O–H groups in total. The van der Waals surface area contributed by atoms with Crippen molar-refractivity contribution in [2.24, 2.45) is 5.92 Å². The van der Waals surface area contributed by atoms with Crippen molar-refractivity contribution in [2.75, 3.05) is 11.9 Å². The summed E-state index contributed by atoms with van der Waals surface area (Å²) in [5.74, 6) is 1.14. The lowest BCUT2D eigenvalue weighted by Crippen LogP contribution is -2.15. The van der Waals surface area contributed by atoms with Gasteiger partial charge in [-0.2, -0.15) is 4.68 Å². The van der Waals surface area contributed by atoms with Crippen LogP contribution in [0, 0.1) is 5.92 Å². The molecule has 1 saturated carbocycles. The van der Waals surface area contributed by atoms with E-state index in [4.69, 9.17) is 0 Å². The second-order valence-electron chi connectivity index (χ2n) is 4.96. The van der Waals surface area contributed by atoms with Crippen LogP contribution in [-0.4, -0.2) is 38.0 Å². The molecule has 1 heterocycles. The summed E-state index contributed by atoms with van der Waals surface area (Å²) in [6.07, 6.45) is 2.67. The number of para-hydroxylation sites is 1. The lowest BCUT2D eigenvalue weighted by Gasteiger charge is -2.11. The largest absolute Gasteiger partial charge is 0.393 e. The first-order valence-electron chi connectivity index (χ1n) is 6.58. The van der Waals surface area contributed by atoms with Crippen molar-refractivity contribution in [3.63, 3.8) is 0 Å². The summed E-state index contributed by atoms with van der Waals surface area (Å²) in [6, 6.07) is 9.78. The minimum absolute atomic E-state index is 0.142. The second kappa shape index (κ2) is 5.36. The molecule has 100 valence electrons. The summed E-state index contributed by atoms with van der Waals surface area (Å²) in [5, 5.41) is 24.5. The van der Waals surface area contributed by atoms with Crippen LogP contribution >= 0.6 is 0 Å². The normalized spacial score (nSPS) is 22.6. The number of benzene rings is 1. The van der Waals surface area contributed by atoms with Crippen molar-refractivity contribution in [1.29, 1.82) is 0 Å². The summed E-state index contributed by atoms with van der Waals surface area (Å²) in [4.78, 5) is 0. The predicted molar refractivity (Wildman–Crippen MR) is 71.0 cm³/mol. The molecule has 0 aliphatic heterocycles. The Hall–Kier alpha value is -1.95. The van der Waals surface area contributed by atoms with E-state index in [9.17, 15) is 5.11 Å². The van der Waals surface area contributed by atoms with Gasteiger partial charge in [0.2, 0.25) is 5.95 Å². The number of hydrogen-bond acceptors (Lipinski definition) is 5. The molecule has 3 rings (SSSR count). The van der Waals surface area contributed by atoms with E-state index in [1.54, 1.807) is 4.68 Å². The molecule has 1 aliphatic carbocycles. The van der Waals surface area contributed by atoms with Gasteiger partial charge in [-0.1, -0.05) is 23.3 Å². The van der Waals surface area contributed by atoms with Crippen LogP contribution in [-0.2, 0) is 0 Å². The van der Waals surface area contributed by atoms with E-state index in [0.29, 0.717) is 11.9 Å². The summed E-state index contributed by atoms with van der Waals surface area (Å²) in [5.41, 5.74) is 0.932. The number of anilines is 1. The van der Waals surface area contributed by atoms with Crippen molar-refractivity contribution in [2.45, 2.75) is 25.4 Å². The molecule has 1 aromatic heterocycles. The maximum Gasteiger partial charge on any atom is 0.247 e. The third kappa shape index (κ3) is 2.73. The molecule has 1 aliphatic rings. The Kier molecular flexibility index (Phi) is 3.41. The number of aliphatic hydroxyl groups excluding tert-OH is 1. The topological polar surface area (TPSA) is 75.9 Å². The van der Waals surface area contributed by atoms with Gasteiger partial charge in [-0.05, 0) is 47.7 Å². The van der Waals surface area contributed by atoms with Gasteiger partial charge in [-0.3, -0.25) is 0 Å². The van der Waals surface area contributed by atoms with Crippen LogP contribution in [0.1, 0.15) is 19.3 Å². The van der Waals surface area contributed by atoms with Crippen LogP contribution in [0.2, 0.25) is 0 Å². The minimum Gasteiger partial charge on any atom is -0.393 e. The fourth-order valence-electron chi connectivity index (χ4n) is 2.51. The average molecular weight is 259 g/mol. The molecular formula is C13H17N5O. The van der Waals surface area contributed by atoms with Gasteiger partial charge < -0.3 is 10.4 Å². The van der Waals surface area contributed by atoms with Gasteiger partial charge in [0, 0.05) is 6.54 Å². The Balaban J connectivity index is 1.67. The Bertz CT molecular complexity index is 527. The summed E-state index contributed by atoms with van der Waals surface area (Å²) in [6.45, 7) is 0.796. The second-order valence-corrected chi connectivity index (χ2v) is 4.96. The van der Waals surface area contributed by atoms with Crippen molar-refractivity contribution in [1.82, 2.24) is 20.2 Å². The van der Waals surface area contributed by atoms with Gasteiger partial charge in [0.1, 0.15) is 0 Å². The van der Waals surface area contributed by atoms with Crippen LogP contribution in [0.25, 0.3) is 5.69 Å². The SMILES string of the molecule is OC1CCC(CNc2nnnn2-c2ccccc2)C1. The zero-order valence-corrected chi connectivity index (χ0v) is 10.6. The monoisotopic (exact) mass is 259 g/mol. The highest BCUT2D eigenvalue weighted by Crippen LogP contribution is 2.25. The summed E-state index contributed by atoms with van der Waals surface area (Å²) >= 11 is 0. The number of rotatable bonds is 4. The van der Waals surface area contributed by atoms with E-state index in [-0.39, 0.29) is 6.10 Å². The lowest BCUT2D eigenvalue weighted by molar-refractivity contribution is 0.178. The molecule has 2 unspecified atom stereocenters. The Morgan fingerprint density at radius 3 is 2.84 bits per heavy atom. The molecule has 0 amide bonds. The fourth-order valence-corrected chi connectivity index (χ4v) is 2.51. The maximum absolute atomic E-state index is 9.52. The van der Waals surface area contributed by atoms with Gasteiger partial charge in [0.05, 0.1) is 11.8 Å². The van der Waals surface area contributed by atoms with E-state index in [1.165, 1.54) is 0 Å². The van der Waals surface area contributed by atoms with Crippen molar-refractivity contribution >= 4 is 5.95 Å². The number of nitrogens with one attached hydrogen (secondary N) is 1. The molecule has 6 nitrogen and oxygen atoms in total. The molecule has 6 heteroatoms. The van der Waals surface area contributed by atoms with Crippen LogP contribution in [0.4, 0.5) is 5.95 Å². The van der Waals surface area contributed by atoms with Crippen molar-refractivity contribution < 1.29 is 5.11 Å². The highest BCUT2D eigenvalue weighted by Gasteiger charge is 2.23. The fraction of sp³-hybridized carbons (Fsp3) is 0.462. The molecule has 1 aromatic carbocycles. The van der Waals surface area contributed by atoms with E-state index < -0.39 is 0 Å². The van der Waals surface area contributed by atoms with Crippen molar-refractivity contribution in [3.8, 4) is 5.69 Å². The molecule has 0 spiro atoms. The molecule has 0 saturated heterocycles. The molecule has 1 fully saturated rings. The number of aliphatic hydroxyl groups is 1. The molecule has 19 heavy (non-hydrogen) atoms. The van der Waals surface area contributed by atoms with Crippen LogP contribution < -0.4 is 5.32 Å². The number of nitrogens with zero attached hydrogens (tertiary/aromatic N) is 4. The molecule has 2 atom stereocenters. The zero-order chi connectivity index (χ0) is 13.1. The van der Waals surface area contributed by atoms with E-state index in [2.05, 4.69) is 20.8 Å². The van der Waals surface area contributed by atoms with E-state index in [1.807, 2.05) is 30.3 Å². The van der Waals surface area contributed by atoms with Crippen LogP contribution in [0.3, 0.4) is 0 Å². The summed E-state index contributed by atoms with van der Waals surface area (Å²) < 4.78 is 1.69. The van der Waals surface area contributed by atoms with E-state index >= 15 is 0 Å². The molecular weight excluding hydrogens is 242 g/mol. The van der Waals surface area contributed by atoms with Crippen molar-refractivity contribution in [3.05, 3.63) is 30.3 Å². The highest BCUT2D eigenvalue weighted by molar-refractivity contribution is 5.38. The summed E-state index contributed by atoms with van der Waals surface area (Å²) in [7, 11) is 0. The van der Waals surface area contributed by atoms with E-state index in [0.717, 1.165) is 31.5 Å². The minimum atomic E-state index is -0.142. The quantitative estimate of drug-likeness (QED) is 0.864. The molecule has 0 bridgehead atoms. The Morgan fingerprint density at radius 2 is 2.11 bits per heavy atom. The first kappa shape index (κ1) is 12.1. The third-order valence-corrected chi connectivity index (χ3v) is 3.53. The van der Waals surface area contributed by atoms with Gasteiger partial charge in [-0.15, -0.1) is 0 Å². The first-order valence-corrected chi connectivity index (χ1v) is 6.58. The van der Waals surface area contributed by atoms with Crippen LogP contribution in [0.5, 0.6) is 0 Å². The van der Waals surface area contributed by atoms with Crippen LogP contribution in [0.15, 0.2) is 30.3 Å². The predicted octanol–water partition coefficient (Wildman–Crippen LogP) is 1.24. The van der Waals surface area contributed by atoms with Gasteiger partial charge in [0.25, 0.3) is 0 Å². The highest BCUT2D eigenvalue weighted by atomic mass is 16.3. The Morgan fingerprint density at radius 1 is 1.26 bits per heavy atom. The Labute approximate surface area is 111 Å². The number of tetrazole rings is 1. The smallest absolute Gasteiger partial charge is 0.247 e. The average Bonchev–Trinajstić information content (AvgIpc) is 3.06. The van der Waals surface area contributed by atoms with Gasteiger partial charge in [0.15, 0.2) is 0 Å². The maximum atomic E-state index is 9.52. The third-order valence-electron chi connectivity index (χ3n) is 3.53. The zero-order valence-electron chi connectivity index (χ0n) is 10.6. The first-order chi connectivity index (χ1) is 9.33. The lowest BCUT2D eigenvalue weighted by atomic mass is 10.1. The standard InChI is InChI=1S/C13H17N5O/c19-12-7-6-10(8-12)9-14-13-15-16-17-18(13)11-4-2-1-3-5-11/h1-5,10,12,19H,6-9H2,(H,14,15,17). The number of hydrogen-bond donors (Lipinski definition) is 2. The van der Waals surface area contributed by atoms with Gasteiger partial charge in [-0.25, -0.2) is 0 Å². The number of aromatic nitrogens is 4. The molecule has 2 aromatic rings.